The van der Waals surface area contributed by atoms with Gasteiger partial charge >= 0.3 is 0 Å². The molecule has 606 valence electrons. The number of aromatic nitrogens is 6. The van der Waals surface area contributed by atoms with Crippen molar-refractivity contribution < 1.29 is 89.1 Å². The molecule has 0 radical (unpaired) electrons. The topological polar surface area (TPSA) is 298 Å². The van der Waals surface area contributed by atoms with Crippen molar-refractivity contribution in [1.29, 1.82) is 0 Å². The van der Waals surface area contributed by atoms with E-state index in [1.807, 2.05) is 107 Å². The number of methoxy groups -OCH3 is 2. The first-order valence-electron chi connectivity index (χ1n) is 37.3. The fourth-order valence-electron chi connectivity index (χ4n) is 13.8. The zero-order valence-electron chi connectivity index (χ0n) is 63.9. The SMILES string of the molecule is CCC(/C=C1\Sc2ccccc2N1CCCS(=O)(=O)[O-])=C\c1sc2cc(OC)c3ccsc3c2[n+]1CCCS(=O)(=O)[O-].CCC(/C=C1\Sc2ccccc2N1CCCS(=O)(=O)[O-])=C\c1sc2cc(OC)c3ccsc3c2[n+]1CCCS(=O)(=O)[O-].CCn1c[n+](CCOCCOCC[n+]2cn(CC)c3ccccc32)c2ccccc21. The second-order valence-electron chi connectivity index (χ2n) is 26.8. The third-order valence-electron chi connectivity index (χ3n) is 19.2. The lowest BCUT2D eigenvalue weighted by molar-refractivity contribution is -0.674. The lowest BCUT2D eigenvalue weighted by Crippen LogP contribution is -2.36. The summed E-state index contributed by atoms with van der Waals surface area (Å²) in [7, 11) is -14.0. The van der Waals surface area contributed by atoms with E-state index in [-0.39, 0.29) is 25.7 Å². The molecule has 0 aliphatic carbocycles. The highest BCUT2D eigenvalue weighted by molar-refractivity contribution is 8.04. The lowest BCUT2D eigenvalue weighted by Gasteiger charge is -2.21. The van der Waals surface area contributed by atoms with Crippen LogP contribution >= 0.6 is 68.9 Å². The van der Waals surface area contributed by atoms with Gasteiger partial charge in [0.2, 0.25) is 23.7 Å². The average Bonchev–Trinajstić information content (AvgIpc) is 1.60. The number of hydrogen-bond acceptors (Lipinski definition) is 24. The van der Waals surface area contributed by atoms with E-state index >= 15 is 0 Å². The zero-order chi connectivity index (χ0) is 80.9. The molecule has 114 heavy (non-hydrogen) atoms. The van der Waals surface area contributed by atoms with Crippen molar-refractivity contribution in [3.05, 3.63) is 188 Å². The minimum absolute atomic E-state index is 0.187. The average molecular weight is 1740 g/mol. The van der Waals surface area contributed by atoms with Gasteiger partial charge in [0.15, 0.2) is 35.2 Å². The van der Waals surface area contributed by atoms with Crippen molar-refractivity contribution in [3.63, 3.8) is 0 Å². The number of ether oxygens (including phenoxy) is 4. The van der Waals surface area contributed by atoms with Crippen LogP contribution in [0.4, 0.5) is 11.4 Å². The molecule has 24 nitrogen and oxygen atoms in total. The van der Waals surface area contributed by atoms with Crippen molar-refractivity contribution >= 4 is 196 Å². The van der Waals surface area contributed by atoms with Crippen LogP contribution in [0.25, 0.3) is 74.8 Å². The maximum atomic E-state index is 11.4. The van der Waals surface area contributed by atoms with Gasteiger partial charge in [0.05, 0.1) is 116 Å². The summed E-state index contributed by atoms with van der Waals surface area (Å²) in [6, 6.07) is 40.7. The predicted octanol–water partition coefficient (Wildman–Crippen LogP) is 14.0. The second-order valence-corrected chi connectivity index (χ2v) is 38.9. The molecule has 6 aromatic carbocycles. The molecule has 0 N–H and O–H groups in total. The minimum Gasteiger partial charge on any atom is -0.748 e. The van der Waals surface area contributed by atoms with Crippen LogP contribution in [0.3, 0.4) is 0 Å². The van der Waals surface area contributed by atoms with E-state index in [1.165, 1.54) is 22.1 Å². The maximum Gasteiger partial charge on any atom is 0.263 e. The van der Waals surface area contributed by atoms with Gasteiger partial charge < -0.3 is 47.0 Å². The summed E-state index contributed by atoms with van der Waals surface area (Å²) in [6.07, 6.45) is 14.9. The molecular weight excluding hydrogens is 1650 g/mol. The van der Waals surface area contributed by atoms with Gasteiger partial charge in [0.1, 0.15) is 43.4 Å². The van der Waals surface area contributed by atoms with E-state index in [9.17, 15) is 51.9 Å². The summed E-state index contributed by atoms with van der Waals surface area (Å²) in [5, 5.41) is 9.62. The first-order valence-corrected chi connectivity index (χ1v) is 48.7. The summed E-state index contributed by atoms with van der Waals surface area (Å²) >= 11 is 9.49. The first-order chi connectivity index (χ1) is 54.8. The lowest BCUT2D eigenvalue weighted by atomic mass is 10.2. The molecule has 2 aliphatic rings. The van der Waals surface area contributed by atoms with Crippen LogP contribution in [0.2, 0.25) is 0 Å². The zero-order valence-corrected chi connectivity index (χ0v) is 72.1. The van der Waals surface area contributed by atoms with E-state index < -0.39 is 63.5 Å². The van der Waals surface area contributed by atoms with Gasteiger partial charge in [-0.3, -0.25) is 0 Å². The quantitative estimate of drug-likeness (QED) is 0.0202. The molecule has 2 aliphatic heterocycles. The molecule has 6 aromatic heterocycles. The number of allylic oxidation sites excluding steroid dienone is 4. The number of thiophene rings is 2. The molecule has 34 heteroatoms. The number of para-hydroxylation sites is 6. The third-order valence-corrected chi connectivity index (χ3v) is 28.6. The van der Waals surface area contributed by atoms with Gasteiger partial charge in [-0.25, -0.2) is 51.9 Å². The fourth-order valence-corrected chi connectivity index (χ4v) is 22.6. The molecule has 0 atom stereocenters. The monoisotopic (exact) mass is 1740 g/mol. The summed E-state index contributed by atoms with van der Waals surface area (Å²) in [5.41, 5.74) is 11.0. The number of hydrogen-bond donors (Lipinski definition) is 0. The van der Waals surface area contributed by atoms with Crippen molar-refractivity contribution in [2.24, 2.45) is 0 Å². The van der Waals surface area contributed by atoms with Crippen molar-refractivity contribution in [2.45, 2.75) is 115 Å². The Morgan fingerprint density at radius 1 is 0.465 bits per heavy atom. The smallest absolute Gasteiger partial charge is 0.263 e. The Labute approximate surface area is 689 Å². The molecule has 0 fully saturated rings. The van der Waals surface area contributed by atoms with Gasteiger partial charge in [0, 0.05) is 93.8 Å². The van der Waals surface area contributed by atoms with Gasteiger partial charge in [-0.2, -0.15) is 9.13 Å². The van der Waals surface area contributed by atoms with Crippen LogP contribution in [0, 0.1) is 0 Å². The van der Waals surface area contributed by atoms with E-state index in [2.05, 4.69) is 127 Å². The minimum atomic E-state index is -4.35. The van der Waals surface area contributed by atoms with Gasteiger partial charge in [-0.15, -0.1) is 22.7 Å². The summed E-state index contributed by atoms with van der Waals surface area (Å²) < 4.78 is 176. The van der Waals surface area contributed by atoms with E-state index in [4.69, 9.17) is 18.9 Å². The Morgan fingerprint density at radius 3 is 1.22 bits per heavy atom. The number of imidazole rings is 2. The fraction of sp³-hybridized carbons (Fsp3) is 0.350. The Bertz CT molecular complexity index is 5690. The van der Waals surface area contributed by atoms with Crippen molar-refractivity contribution in [2.75, 3.05) is 86.5 Å². The maximum absolute atomic E-state index is 11.4. The number of aryl methyl sites for hydroxylation is 4. The first kappa shape index (κ1) is 85.7. The normalized spacial score (nSPS) is 14.3. The molecule has 14 rings (SSSR count). The Hall–Kier alpha value is -7.62. The predicted molar refractivity (Wildman–Crippen MR) is 454 cm³/mol. The Kier molecular flexibility index (Phi) is 29.1. The van der Waals surface area contributed by atoms with Crippen LogP contribution in [0.1, 0.15) is 76.2 Å². The number of benzene rings is 6. The summed E-state index contributed by atoms with van der Waals surface area (Å²) in [4.78, 5) is 6.19. The van der Waals surface area contributed by atoms with Gasteiger partial charge in [0.25, 0.3) is 10.0 Å². The summed E-state index contributed by atoms with van der Waals surface area (Å²) in [6.45, 7) is 16.2. The molecule has 0 bridgehead atoms. The third kappa shape index (κ3) is 21.6. The molecule has 0 saturated heterocycles. The second kappa shape index (κ2) is 38.6. The van der Waals surface area contributed by atoms with Crippen LogP contribution < -0.4 is 37.5 Å². The standard InChI is InChI=1S/2C28H30N2O7S5.C24H32N4O2/c2*1-3-19(16-25-29(11-6-14-41(31,32)33)21-8-4-5-9-23(21)39-25)17-26-30(12-7-15-42(34,35)36)27-24(40-26)18-22(37-2)20-10-13-38-28(20)27;1-3-25-19-27(23-11-7-5-9-21(23)25)13-15-29-17-18-30-16-14-28-20-26(4-2)22-10-6-8-12-24(22)28/h2*4-5,8-10,13,16-18H,3,6-7,11-12,14-15H2,1-2H3,(H-,31,32,33,34,35,36);5-12,19-20H,3-4,13-18H2,1-2H3/q;;+2/p-2. The van der Waals surface area contributed by atoms with E-state index in [0.29, 0.717) is 65.4 Å². The van der Waals surface area contributed by atoms with Crippen LogP contribution in [-0.2, 0) is 89.2 Å². The van der Waals surface area contributed by atoms with Crippen molar-refractivity contribution in [3.8, 4) is 11.5 Å². The highest BCUT2D eigenvalue weighted by atomic mass is 32.2. The largest absolute Gasteiger partial charge is 0.748 e. The van der Waals surface area contributed by atoms with Crippen LogP contribution in [0.15, 0.2) is 188 Å². The van der Waals surface area contributed by atoms with Crippen LogP contribution in [-0.4, -0.2) is 138 Å². The number of thioether (sulfide) groups is 2. The highest BCUT2D eigenvalue weighted by Gasteiger charge is 2.31. The molecule has 0 amide bonds. The molecular formula is C80H90N8O16S10. The number of thiazole rings is 2. The number of nitrogens with zero attached hydrogens (tertiary/aromatic N) is 8. The van der Waals surface area contributed by atoms with Gasteiger partial charge in [-0.05, 0) is 134 Å². The number of rotatable bonds is 35. The van der Waals surface area contributed by atoms with Gasteiger partial charge in [-0.1, -0.05) is 109 Å². The molecule has 0 unspecified atom stereocenters. The van der Waals surface area contributed by atoms with Crippen molar-refractivity contribution in [1.82, 2.24) is 9.13 Å². The Balaban J connectivity index is 0.000000161. The molecule has 0 spiro atoms. The number of fused-ring (bicyclic) bond motifs is 10. The van der Waals surface area contributed by atoms with E-state index in [1.54, 1.807) is 83.1 Å². The molecule has 12 aromatic rings. The number of anilines is 2. The summed E-state index contributed by atoms with van der Waals surface area (Å²) in [5.74, 6) is -0.226. The molecule has 8 heterocycles. The molecule has 0 saturated carbocycles. The van der Waals surface area contributed by atoms with Crippen LogP contribution in [0.5, 0.6) is 11.5 Å². The Morgan fingerprint density at radius 2 is 0.842 bits per heavy atom. The van der Waals surface area contributed by atoms with E-state index in [0.717, 1.165) is 131 Å². The highest BCUT2D eigenvalue weighted by Crippen LogP contribution is 2.49.